The number of rotatable bonds is 5. The zero-order valence-electron chi connectivity index (χ0n) is 8.68. The molecule has 0 radical (unpaired) electrons. The van der Waals surface area contributed by atoms with E-state index in [1.807, 2.05) is 13.8 Å². The molecule has 1 saturated heterocycles. The van der Waals surface area contributed by atoms with Gasteiger partial charge in [-0.1, -0.05) is 6.92 Å². The second-order valence-electron chi connectivity index (χ2n) is 4.12. The Morgan fingerprint density at radius 1 is 1.62 bits per heavy atom. The average Bonchev–Trinajstić information content (AvgIpc) is 2.57. The van der Waals surface area contributed by atoms with Crippen LogP contribution in [0.3, 0.4) is 0 Å². The maximum atomic E-state index is 9.73. The molecule has 2 unspecified atom stereocenters. The van der Waals surface area contributed by atoms with Gasteiger partial charge in [-0.3, -0.25) is 0 Å². The van der Waals surface area contributed by atoms with Crippen LogP contribution in [-0.2, 0) is 0 Å². The van der Waals surface area contributed by atoms with Crippen LogP contribution in [0.1, 0.15) is 33.1 Å². The molecule has 0 aromatic heterocycles. The van der Waals surface area contributed by atoms with Crippen molar-refractivity contribution in [2.24, 2.45) is 0 Å². The van der Waals surface area contributed by atoms with Crippen LogP contribution in [0.15, 0.2) is 0 Å². The summed E-state index contributed by atoms with van der Waals surface area (Å²) in [5.41, 5.74) is -0.525. The third kappa shape index (κ3) is 4.34. The Hall–Kier alpha value is 0.270. The molecule has 2 atom stereocenters. The molecule has 1 aliphatic rings. The quantitative estimate of drug-likeness (QED) is 0.712. The topological polar surface area (TPSA) is 32.3 Å². The van der Waals surface area contributed by atoms with E-state index < -0.39 is 5.60 Å². The van der Waals surface area contributed by atoms with Gasteiger partial charge in [0.05, 0.1) is 5.60 Å². The van der Waals surface area contributed by atoms with E-state index in [-0.39, 0.29) is 0 Å². The average molecular weight is 203 g/mol. The van der Waals surface area contributed by atoms with E-state index in [1.165, 1.54) is 18.6 Å². The van der Waals surface area contributed by atoms with Crippen molar-refractivity contribution in [2.75, 3.05) is 18.8 Å². The number of hydrogen-bond donors (Lipinski definition) is 2. The highest BCUT2D eigenvalue weighted by Crippen LogP contribution is 2.25. The molecular formula is C10H21NOS. The monoisotopic (exact) mass is 203 g/mol. The predicted molar refractivity (Wildman–Crippen MR) is 59.3 cm³/mol. The zero-order chi connectivity index (χ0) is 9.73. The van der Waals surface area contributed by atoms with Gasteiger partial charge in [-0.25, -0.2) is 0 Å². The Morgan fingerprint density at radius 3 is 2.92 bits per heavy atom. The first-order chi connectivity index (χ1) is 6.14. The first-order valence-corrected chi connectivity index (χ1v) is 6.23. The Balaban J connectivity index is 2.06. The van der Waals surface area contributed by atoms with E-state index in [2.05, 4.69) is 17.1 Å². The summed E-state index contributed by atoms with van der Waals surface area (Å²) in [7, 11) is 0. The molecular weight excluding hydrogens is 182 g/mol. The number of nitrogens with one attached hydrogen (secondary N) is 1. The lowest BCUT2D eigenvalue weighted by atomic mass is 10.0. The van der Waals surface area contributed by atoms with E-state index in [4.69, 9.17) is 0 Å². The normalized spacial score (nSPS) is 27.5. The van der Waals surface area contributed by atoms with Crippen LogP contribution in [0.5, 0.6) is 0 Å². The van der Waals surface area contributed by atoms with Crippen LogP contribution >= 0.6 is 11.8 Å². The molecule has 0 aromatic carbocycles. The summed E-state index contributed by atoms with van der Waals surface area (Å²) < 4.78 is 0. The first kappa shape index (κ1) is 11.3. The SMILES string of the molecule is CCC(C)(O)CNCC1CCCS1. The van der Waals surface area contributed by atoms with E-state index in [0.717, 1.165) is 24.8 Å². The minimum atomic E-state index is -0.525. The van der Waals surface area contributed by atoms with Gasteiger partial charge in [0.1, 0.15) is 0 Å². The largest absolute Gasteiger partial charge is 0.389 e. The Kier molecular flexibility index (Phi) is 4.56. The third-order valence-corrected chi connectivity index (χ3v) is 4.06. The van der Waals surface area contributed by atoms with Gasteiger partial charge < -0.3 is 10.4 Å². The molecule has 2 nitrogen and oxygen atoms in total. The summed E-state index contributed by atoms with van der Waals surface area (Å²) in [5.74, 6) is 1.32. The molecule has 0 amide bonds. The van der Waals surface area contributed by atoms with Crippen molar-refractivity contribution in [1.82, 2.24) is 5.32 Å². The summed E-state index contributed by atoms with van der Waals surface area (Å²) in [6, 6.07) is 0. The van der Waals surface area contributed by atoms with Crippen LogP contribution in [0.2, 0.25) is 0 Å². The molecule has 1 fully saturated rings. The molecule has 1 heterocycles. The Bertz CT molecular complexity index is 144. The minimum absolute atomic E-state index is 0.525. The maximum absolute atomic E-state index is 9.73. The summed E-state index contributed by atoms with van der Waals surface area (Å²) in [5, 5.41) is 13.9. The van der Waals surface area contributed by atoms with Crippen molar-refractivity contribution in [3.63, 3.8) is 0 Å². The van der Waals surface area contributed by atoms with Gasteiger partial charge in [-0.2, -0.15) is 11.8 Å². The van der Waals surface area contributed by atoms with Gasteiger partial charge in [0.25, 0.3) is 0 Å². The number of hydrogen-bond acceptors (Lipinski definition) is 3. The summed E-state index contributed by atoms with van der Waals surface area (Å²) in [6.07, 6.45) is 3.52. The highest BCUT2D eigenvalue weighted by molar-refractivity contribution is 8.00. The first-order valence-electron chi connectivity index (χ1n) is 5.19. The fourth-order valence-electron chi connectivity index (χ4n) is 1.43. The lowest BCUT2D eigenvalue weighted by molar-refractivity contribution is 0.0561. The molecule has 0 saturated carbocycles. The third-order valence-electron chi connectivity index (χ3n) is 2.66. The van der Waals surface area contributed by atoms with Crippen molar-refractivity contribution in [3.8, 4) is 0 Å². The summed E-state index contributed by atoms with van der Waals surface area (Å²) in [4.78, 5) is 0. The van der Waals surface area contributed by atoms with Gasteiger partial charge in [-0.15, -0.1) is 0 Å². The van der Waals surface area contributed by atoms with Crippen molar-refractivity contribution >= 4 is 11.8 Å². The molecule has 13 heavy (non-hydrogen) atoms. The predicted octanol–water partition coefficient (Wildman–Crippen LogP) is 1.63. The maximum Gasteiger partial charge on any atom is 0.0740 e. The van der Waals surface area contributed by atoms with E-state index >= 15 is 0 Å². The van der Waals surface area contributed by atoms with Crippen molar-refractivity contribution in [1.29, 1.82) is 0 Å². The molecule has 1 aliphatic heterocycles. The molecule has 0 aromatic rings. The van der Waals surface area contributed by atoms with Crippen LogP contribution in [0, 0.1) is 0 Å². The molecule has 1 rings (SSSR count). The second-order valence-corrected chi connectivity index (χ2v) is 5.52. The lowest BCUT2D eigenvalue weighted by Gasteiger charge is -2.22. The van der Waals surface area contributed by atoms with Gasteiger partial charge in [0, 0.05) is 18.3 Å². The van der Waals surface area contributed by atoms with Crippen molar-refractivity contribution in [3.05, 3.63) is 0 Å². The fraction of sp³-hybridized carbons (Fsp3) is 1.00. The van der Waals surface area contributed by atoms with Crippen LogP contribution in [-0.4, -0.2) is 34.8 Å². The van der Waals surface area contributed by atoms with E-state index in [9.17, 15) is 5.11 Å². The zero-order valence-corrected chi connectivity index (χ0v) is 9.49. The van der Waals surface area contributed by atoms with Gasteiger partial charge in [-0.05, 0) is 31.9 Å². The standard InChI is InChI=1S/C10H21NOS/c1-3-10(2,12)8-11-7-9-5-4-6-13-9/h9,11-12H,3-8H2,1-2H3. The van der Waals surface area contributed by atoms with Crippen LogP contribution in [0.4, 0.5) is 0 Å². The smallest absolute Gasteiger partial charge is 0.0740 e. The van der Waals surface area contributed by atoms with Crippen LogP contribution < -0.4 is 5.32 Å². The minimum Gasteiger partial charge on any atom is -0.389 e. The summed E-state index contributed by atoms with van der Waals surface area (Å²) in [6.45, 7) is 5.69. The highest BCUT2D eigenvalue weighted by Gasteiger charge is 2.19. The Labute approximate surface area is 85.5 Å². The second kappa shape index (κ2) is 5.23. The van der Waals surface area contributed by atoms with Crippen molar-refractivity contribution < 1.29 is 5.11 Å². The van der Waals surface area contributed by atoms with Crippen LogP contribution in [0.25, 0.3) is 0 Å². The highest BCUT2D eigenvalue weighted by atomic mass is 32.2. The van der Waals surface area contributed by atoms with Gasteiger partial charge in [0.15, 0.2) is 0 Å². The lowest BCUT2D eigenvalue weighted by Crippen LogP contribution is -2.39. The Morgan fingerprint density at radius 2 is 2.38 bits per heavy atom. The molecule has 0 aliphatic carbocycles. The molecule has 3 heteroatoms. The van der Waals surface area contributed by atoms with Gasteiger partial charge >= 0.3 is 0 Å². The number of thioether (sulfide) groups is 1. The fourth-order valence-corrected chi connectivity index (χ4v) is 2.67. The van der Waals surface area contributed by atoms with Gasteiger partial charge in [0.2, 0.25) is 0 Å². The van der Waals surface area contributed by atoms with Crippen molar-refractivity contribution in [2.45, 2.75) is 44.0 Å². The molecule has 0 spiro atoms. The summed E-state index contributed by atoms with van der Waals surface area (Å²) >= 11 is 2.06. The molecule has 2 N–H and O–H groups in total. The van der Waals surface area contributed by atoms with E-state index in [1.54, 1.807) is 0 Å². The molecule has 0 bridgehead atoms. The van der Waals surface area contributed by atoms with E-state index in [0.29, 0.717) is 0 Å². The molecule has 78 valence electrons. The number of aliphatic hydroxyl groups is 1.